The average molecular weight is 614 g/mol. The lowest BCUT2D eigenvalue weighted by atomic mass is 9.93. The Labute approximate surface area is 279 Å². The van der Waals surface area contributed by atoms with E-state index in [9.17, 15) is 5.11 Å². The van der Waals surface area contributed by atoms with E-state index in [4.69, 9.17) is 4.99 Å². The third-order valence-electron chi connectivity index (χ3n) is 8.97. The first-order valence-corrected chi connectivity index (χ1v) is 17.9. The van der Waals surface area contributed by atoms with Crippen LogP contribution in [0.3, 0.4) is 0 Å². The summed E-state index contributed by atoms with van der Waals surface area (Å²) in [4.78, 5) is 5.25. The minimum Gasteiger partial charge on any atom is -0.507 e. The predicted octanol–water partition coefficient (Wildman–Crippen LogP) is 13.0. The predicted molar refractivity (Wildman–Crippen MR) is 201 cm³/mol. The molecule has 0 amide bonds. The van der Waals surface area contributed by atoms with Gasteiger partial charge in [-0.05, 0) is 77.6 Å². The molecule has 0 unspecified atom stereocenters. The molecule has 2 nitrogen and oxygen atoms in total. The van der Waals surface area contributed by atoms with Crippen LogP contribution >= 0.6 is 0 Å². The van der Waals surface area contributed by atoms with Gasteiger partial charge in [0.25, 0.3) is 0 Å². The number of phenols is 1. The Morgan fingerprint density at radius 2 is 1.13 bits per heavy atom. The standard InChI is InChI=1S/C44H55NO/c1-4-7-9-11-13-17-28-38-30-35(23-6-3)31-39(29-18-14-12-10-8-5-2)43(38)45-34-41-32-40(36-24-19-15-20-25-36)33-42(44(41)46)37-26-21-16-22-27-37/h6,15-16,19-22,24-27,30-34,46H,3-5,7-14,17-18,23,28-29H2,1-2H3. The molecule has 0 aliphatic rings. The molecule has 0 bridgehead atoms. The zero-order chi connectivity index (χ0) is 32.4. The number of rotatable bonds is 20. The van der Waals surface area contributed by atoms with Gasteiger partial charge >= 0.3 is 0 Å². The van der Waals surface area contributed by atoms with Crippen molar-refractivity contribution in [3.05, 3.63) is 120 Å². The fraction of sp³-hybridized carbons (Fsp3) is 0.386. The van der Waals surface area contributed by atoms with Crippen LogP contribution in [0.15, 0.2) is 103 Å². The molecule has 0 atom stereocenters. The van der Waals surface area contributed by atoms with Crippen LogP contribution < -0.4 is 0 Å². The molecule has 242 valence electrons. The third kappa shape index (κ3) is 10.6. The van der Waals surface area contributed by atoms with Crippen LogP contribution in [-0.2, 0) is 19.3 Å². The molecule has 0 spiro atoms. The second kappa shape index (κ2) is 19.6. The monoisotopic (exact) mass is 613 g/mol. The zero-order valence-electron chi connectivity index (χ0n) is 28.4. The minimum atomic E-state index is 0.271. The summed E-state index contributed by atoms with van der Waals surface area (Å²) >= 11 is 0. The Morgan fingerprint density at radius 3 is 1.67 bits per heavy atom. The van der Waals surface area contributed by atoms with E-state index in [-0.39, 0.29) is 5.75 Å². The van der Waals surface area contributed by atoms with Gasteiger partial charge in [0.05, 0.1) is 5.69 Å². The van der Waals surface area contributed by atoms with Gasteiger partial charge in [0.1, 0.15) is 5.75 Å². The molecule has 0 aliphatic carbocycles. The molecule has 1 N–H and O–H groups in total. The van der Waals surface area contributed by atoms with Crippen molar-refractivity contribution in [3.8, 4) is 28.0 Å². The van der Waals surface area contributed by atoms with Crippen LogP contribution in [0.2, 0.25) is 0 Å². The number of aliphatic imine (C=N–C) groups is 1. The second-order valence-corrected chi connectivity index (χ2v) is 12.7. The third-order valence-corrected chi connectivity index (χ3v) is 8.97. The van der Waals surface area contributed by atoms with Crippen molar-refractivity contribution in [1.29, 1.82) is 0 Å². The highest BCUT2D eigenvalue weighted by molar-refractivity contribution is 5.93. The number of aromatic hydroxyl groups is 1. The minimum absolute atomic E-state index is 0.271. The maximum atomic E-state index is 11.6. The fourth-order valence-electron chi connectivity index (χ4n) is 6.38. The Bertz CT molecular complexity index is 1470. The Morgan fingerprint density at radius 1 is 0.609 bits per heavy atom. The molecule has 46 heavy (non-hydrogen) atoms. The number of allylic oxidation sites excluding steroid dienone is 1. The summed E-state index contributed by atoms with van der Waals surface area (Å²) in [5.74, 6) is 0.271. The largest absolute Gasteiger partial charge is 0.507 e. The smallest absolute Gasteiger partial charge is 0.132 e. The van der Waals surface area contributed by atoms with E-state index in [1.807, 2.05) is 36.6 Å². The Kier molecular flexibility index (Phi) is 14.9. The molecule has 4 aromatic carbocycles. The molecule has 0 aromatic heterocycles. The molecule has 0 saturated carbocycles. The van der Waals surface area contributed by atoms with E-state index in [0.29, 0.717) is 0 Å². The van der Waals surface area contributed by atoms with E-state index in [0.717, 1.165) is 52.8 Å². The Balaban J connectivity index is 1.73. The SMILES string of the molecule is C=CCc1cc(CCCCCCCC)c(N=Cc2cc(-c3ccccc3)cc(-c3ccccc3)c2O)c(CCCCCCCC)c1. The average Bonchev–Trinajstić information content (AvgIpc) is 3.09. The number of hydrogen-bond donors (Lipinski definition) is 1. The van der Waals surface area contributed by atoms with Gasteiger partial charge in [0.15, 0.2) is 0 Å². The first kappa shape index (κ1) is 35.0. The lowest BCUT2D eigenvalue weighted by molar-refractivity contribution is 0.476. The van der Waals surface area contributed by atoms with Crippen LogP contribution in [0.25, 0.3) is 22.3 Å². The normalized spacial score (nSPS) is 11.3. The van der Waals surface area contributed by atoms with Gasteiger partial charge < -0.3 is 5.11 Å². The van der Waals surface area contributed by atoms with Crippen LogP contribution in [-0.4, -0.2) is 11.3 Å². The summed E-state index contributed by atoms with van der Waals surface area (Å²) in [7, 11) is 0. The topological polar surface area (TPSA) is 32.6 Å². The van der Waals surface area contributed by atoms with E-state index in [1.165, 1.54) is 93.7 Å². The van der Waals surface area contributed by atoms with Gasteiger partial charge in [-0.2, -0.15) is 0 Å². The summed E-state index contributed by atoms with van der Waals surface area (Å²) in [6, 6.07) is 29.5. The highest BCUT2D eigenvalue weighted by atomic mass is 16.3. The van der Waals surface area contributed by atoms with Crippen molar-refractivity contribution in [2.75, 3.05) is 0 Å². The highest BCUT2D eigenvalue weighted by Gasteiger charge is 2.14. The van der Waals surface area contributed by atoms with Crippen LogP contribution in [0.1, 0.15) is 113 Å². The van der Waals surface area contributed by atoms with Crippen molar-refractivity contribution in [1.82, 2.24) is 0 Å². The molecule has 0 heterocycles. The van der Waals surface area contributed by atoms with Crippen molar-refractivity contribution < 1.29 is 5.11 Å². The van der Waals surface area contributed by atoms with Crippen LogP contribution in [0.5, 0.6) is 5.75 Å². The molecule has 0 saturated heterocycles. The quantitative estimate of drug-likeness (QED) is 0.0600. The zero-order valence-corrected chi connectivity index (χ0v) is 28.4. The van der Waals surface area contributed by atoms with E-state index in [2.05, 4.69) is 81.1 Å². The molecule has 0 aliphatic heterocycles. The van der Waals surface area contributed by atoms with Gasteiger partial charge in [0, 0.05) is 17.3 Å². The second-order valence-electron chi connectivity index (χ2n) is 12.7. The van der Waals surface area contributed by atoms with E-state index >= 15 is 0 Å². The number of hydrogen-bond acceptors (Lipinski definition) is 2. The molecule has 4 aromatic rings. The van der Waals surface area contributed by atoms with E-state index in [1.54, 1.807) is 0 Å². The molecule has 2 heteroatoms. The van der Waals surface area contributed by atoms with Crippen LogP contribution in [0.4, 0.5) is 5.69 Å². The maximum absolute atomic E-state index is 11.6. The number of nitrogens with zero attached hydrogens (tertiary/aromatic N) is 1. The van der Waals surface area contributed by atoms with Crippen molar-refractivity contribution >= 4 is 11.9 Å². The summed E-state index contributed by atoms with van der Waals surface area (Å²) < 4.78 is 0. The molecule has 0 radical (unpaired) electrons. The summed E-state index contributed by atoms with van der Waals surface area (Å²) in [5.41, 5.74) is 9.83. The number of benzene rings is 4. The molecular weight excluding hydrogens is 558 g/mol. The van der Waals surface area contributed by atoms with Crippen LogP contribution in [0, 0.1) is 0 Å². The lowest BCUT2D eigenvalue weighted by Crippen LogP contribution is -1.98. The van der Waals surface area contributed by atoms with Gasteiger partial charge in [-0.25, -0.2) is 0 Å². The Hall–Kier alpha value is -3.91. The molecule has 0 fully saturated rings. The van der Waals surface area contributed by atoms with Gasteiger partial charge in [-0.3, -0.25) is 4.99 Å². The highest BCUT2D eigenvalue weighted by Crippen LogP contribution is 2.37. The first-order chi connectivity index (χ1) is 22.6. The van der Waals surface area contributed by atoms with Gasteiger partial charge in [-0.15, -0.1) is 6.58 Å². The molecular formula is C44H55NO. The number of unbranched alkanes of at least 4 members (excludes halogenated alkanes) is 10. The summed E-state index contributed by atoms with van der Waals surface area (Å²) in [6.45, 7) is 8.59. The van der Waals surface area contributed by atoms with Gasteiger partial charge in [-0.1, -0.05) is 157 Å². The number of phenolic OH excluding ortho intramolecular Hbond substituents is 1. The summed E-state index contributed by atoms with van der Waals surface area (Å²) in [5, 5.41) is 11.6. The van der Waals surface area contributed by atoms with E-state index < -0.39 is 0 Å². The first-order valence-electron chi connectivity index (χ1n) is 17.9. The number of aryl methyl sites for hydroxylation is 2. The molecule has 4 rings (SSSR count). The summed E-state index contributed by atoms with van der Waals surface area (Å²) in [6.07, 6.45) is 22.1. The van der Waals surface area contributed by atoms with Gasteiger partial charge in [0.2, 0.25) is 0 Å². The lowest BCUT2D eigenvalue weighted by Gasteiger charge is -2.16. The van der Waals surface area contributed by atoms with Crippen molar-refractivity contribution in [3.63, 3.8) is 0 Å². The maximum Gasteiger partial charge on any atom is 0.132 e. The fourth-order valence-corrected chi connectivity index (χ4v) is 6.38. The van der Waals surface area contributed by atoms with Crippen molar-refractivity contribution in [2.24, 2.45) is 4.99 Å². The van der Waals surface area contributed by atoms with Crippen molar-refractivity contribution in [2.45, 2.75) is 110 Å².